The van der Waals surface area contributed by atoms with Crippen molar-refractivity contribution in [2.75, 3.05) is 13.1 Å². The molecule has 0 bridgehead atoms. The lowest BCUT2D eigenvalue weighted by Crippen LogP contribution is -2.27. The van der Waals surface area contributed by atoms with Gasteiger partial charge in [0.2, 0.25) is 0 Å². The molecule has 1 unspecified atom stereocenters. The minimum absolute atomic E-state index is 0.727. The zero-order valence-corrected chi connectivity index (χ0v) is 12.9. The van der Waals surface area contributed by atoms with Gasteiger partial charge in [-0.1, -0.05) is 31.2 Å². The Balaban J connectivity index is 1.82. The molecule has 1 aromatic heterocycles. The molecule has 0 spiro atoms. The summed E-state index contributed by atoms with van der Waals surface area (Å²) in [5.41, 5.74) is 4.96. The third-order valence-corrected chi connectivity index (χ3v) is 4.32. The summed E-state index contributed by atoms with van der Waals surface area (Å²) in [5.74, 6) is 1.60. The smallest absolute Gasteiger partial charge is 0.159 e. The Hall–Kier alpha value is -1.74. The fourth-order valence-corrected chi connectivity index (χ4v) is 3.06. The minimum Gasteiger partial charge on any atom is -0.317 e. The second kappa shape index (κ2) is 6.35. The highest BCUT2D eigenvalue weighted by molar-refractivity contribution is 5.59. The van der Waals surface area contributed by atoms with E-state index in [4.69, 9.17) is 4.98 Å². The molecule has 1 N–H and O–H groups in total. The Kier molecular flexibility index (Phi) is 4.30. The molecule has 1 heterocycles. The molecule has 0 radical (unpaired) electrons. The number of rotatable bonds is 4. The number of nitrogens with zero attached hydrogens (tertiary/aromatic N) is 2. The van der Waals surface area contributed by atoms with Gasteiger partial charge in [0.15, 0.2) is 5.82 Å². The summed E-state index contributed by atoms with van der Waals surface area (Å²) >= 11 is 0. The van der Waals surface area contributed by atoms with E-state index in [1.165, 1.54) is 23.2 Å². The third kappa shape index (κ3) is 3.13. The Morgan fingerprint density at radius 1 is 1.29 bits per heavy atom. The Bertz CT molecular complexity index is 622. The van der Waals surface area contributed by atoms with Gasteiger partial charge in [0.05, 0.1) is 0 Å². The summed E-state index contributed by atoms with van der Waals surface area (Å²) in [4.78, 5) is 9.43. The van der Waals surface area contributed by atoms with Crippen molar-refractivity contribution in [2.24, 2.45) is 5.92 Å². The van der Waals surface area contributed by atoms with Crippen LogP contribution in [0.1, 0.15) is 30.2 Å². The SMILES string of the molecule is CCNCC1CCc2nc(-c3ccccc3C)ncc2C1. The van der Waals surface area contributed by atoms with Gasteiger partial charge in [0.25, 0.3) is 0 Å². The predicted molar refractivity (Wildman–Crippen MR) is 86.3 cm³/mol. The van der Waals surface area contributed by atoms with Gasteiger partial charge in [-0.15, -0.1) is 0 Å². The largest absolute Gasteiger partial charge is 0.317 e. The summed E-state index contributed by atoms with van der Waals surface area (Å²) in [6.45, 7) is 6.43. The fraction of sp³-hybridized carbons (Fsp3) is 0.444. The Morgan fingerprint density at radius 2 is 2.14 bits per heavy atom. The number of aromatic nitrogens is 2. The molecule has 1 aliphatic carbocycles. The topological polar surface area (TPSA) is 37.8 Å². The lowest BCUT2D eigenvalue weighted by molar-refractivity contribution is 0.425. The van der Waals surface area contributed by atoms with Crippen molar-refractivity contribution in [3.63, 3.8) is 0 Å². The highest BCUT2D eigenvalue weighted by Crippen LogP contribution is 2.26. The van der Waals surface area contributed by atoms with E-state index in [2.05, 4.69) is 48.4 Å². The van der Waals surface area contributed by atoms with E-state index in [0.29, 0.717) is 0 Å². The first kappa shape index (κ1) is 14.2. The Labute approximate surface area is 126 Å². The second-order valence-corrected chi connectivity index (χ2v) is 5.90. The van der Waals surface area contributed by atoms with Crippen LogP contribution >= 0.6 is 0 Å². The fourth-order valence-electron chi connectivity index (χ4n) is 3.06. The molecule has 1 aromatic carbocycles. The molecular formula is C18H23N3. The molecule has 3 rings (SSSR count). The molecule has 3 heteroatoms. The summed E-state index contributed by atoms with van der Waals surface area (Å²) in [7, 11) is 0. The van der Waals surface area contributed by atoms with Gasteiger partial charge in [-0.3, -0.25) is 0 Å². The predicted octanol–water partition coefficient (Wildman–Crippen LogP) is 3.17. The Morgan fingerprint density at radius 3 is 2.95 bits per heavy atom. The van der Waals surface area contributed by atoms with Crippen molar-refractivity contribution in [3.8, 4) is 11.4 Å². The maximum atomic E-state index is 4.83. The molecule has 21 heavy (non-hydrogen) atoms. The van der Waals surface area contributed by atoms with Crippen LogP contribution in [0.3, 0.4) is 0 Å². The zero-order valence-electron chi connectivity index (χ0n) is 12.9. The lowest BCUT2D eigenvalue weighted by atomic mass is 9.87. The van der Waals surface area contributed by atoms with E-state index in [-0.39, 0.29) is 0 Å². The van der Waals surface area contributed by atoms with Crippen LogP contribution in [0, 0.1) is 12.8 Å². The summed E-state index contributed by atoms with van der Waals surface area (Å²) in [5, 5.41) is 3.45. The number of hydrogen-bond donors (Lipinski definition) is 1. The molecule has 1 aliphatic rings. The van der Waals surface area contributed by atoms with E-state index >= 15 is 0 Å². The summed E-state index contributed by atoms with van der Waals surface area (Å²) < 4.78 is 0. The molecule has 0 saturated heterocycles. The third-order valence-electron chi connectivity index (χ3n) is 4.32. The first-order valence-electron chi connectivity index (χ1n) is 7.89. The number of fused-ring (bicyclic) bond motifs is 1. The van der Waals surface area contributed by atoms with Crippen LogP contribution < -0.4 is 5.32 Å². The molecule has 0 aliphatic heterocycles. The van der Waals surface area contributed by atoms with Crippen molar-refractivity contribution in [1.29, 1.82) is 0 Å². The quantitative estimate of drug-likeness (QED) is 0.935. The van der Waals surface area contributed by atoms with Gasteiger partial charge in [-0.25, -0.2) is 9.97 Å². The molecule has 0 fully saturated rings. The van der Waals surface area contributed by atoms with Crippen LogP contribution in [0.2, 0.25) is 0 Å². The van der Waals surface area contributed by atoms with E-state index in [9.17, 15) is 0 Å². The number of benzene rings is 1. The van der Waals surface area contributed by atoms with Crippen LogP contribution in [0.4, 0.5) is 0 Å². The maximum absolute atomic E-state index is 4.83. The number of hydrogen-bond acceptors (Lipinski definition) is 3. The summed E-state index contributed by atoms with van der Waals surface area (Å²) in [6, 6.07) is 8.33. The molecule has 1 atom stereocenters. The van der Waals surface area contributed by atoms with Crippen LogP contribution in [-0.2, 0) is 12.8 Å². The molecule has 110 valence electrons. The molecule has 2 aromatic rings. The van der Waals surface area contributed by atoms with Gasteiger partial charge >= 0.3 is 0 Å². The van der Waals surface area contributed by atoms with Crippen molar-refractivity contribution in [1.82, 2.24) is 15.3 Å². The van der Waals surface area contributed by atoms with E-state index in [0.717, 1.165) is 43.2 Å². The molecule has 0 amide bonds. The van der Waals surface area contributed by atoms with Gasteiger partial charge in [-0.2, -0.15) is 0 Å². The van der Waals surface area contributed by atoms with E-state index in [1.807, 2.05) is 6.20 Å². The lowest BCUT2D eigenvalue weighted by Gasteiger charge is -2.24. The van der Waals surface area contributed by atoms with Crippen molar-refractivity contribution >= 4 is 0 Å². The molecule has 0 saturated carbocycles. The van der Waals surface area contributed by atoms with Gasteiger partial charge in [-0.05, 0) is 56.3 Å². The first-order chi connectivity index (χ1) is 10.3. The van der Waals surface area contributed by atoms with Crippen LogP contribution in [-0.4, -0.2) is 23.1 Å². The number of aryl methyl sites for hydroxylation is 2. The van der Waals surface area contributed by atoms with Gasteiger partial charge < -0.3 is 5.32 Å². The molecular weight excluding hydrogens is 258 g/mol. The summed E-state index contributed by atoms with van der Waals surface area (Å²) in [6.07, 6.45) is 5.45. The minimum atomic E-state index is 0.727. The van der Waals surface area contributed by atoms with Gasteiger partial charge in [0.1, 0.15) is 0 Å². The van der Waals surface area contributed by atoms with Crippen LogP contribution in [0.5, 0.6) is 0 Å². The maximum Gasteiger partial charge on any atom is 0.159 e. The van der Waals surface area contributed by atoms with Crippen molar-refractivity contribution in [2.45, 2.75) is 33.1 Å². The van der Waals surface area contributed by atoms with E-state index in [1.54, 1.807) is 0 Å². The normalized spacial score (nSPS) is 17.5. The average Bonchev–Trinajstić information content (AvgIpc) is 2.53. The van der Waals surface area contributed by atoms with Crippen LogP contribution in [0.25, 0.3) is 11.4 Å². The second-order valence-electron chi connectivity index (χ2n) is 5.90. The first-order valence-corrected chi connectivity index (χ1v) is 7.89. The van der Waals surface area contributed by atoms with Gasteiger partial charge in [0, 0.05) is 17.5 Å². The van der Waals surface area contributed by atoms with E-state index < -0.39 is 0 Å². The standard InChI is InChI=1S/C18H23N3/c1-3-19-11-14-8-9-17-15(10-14)12-20-18(21-17)16-7-5-4-6-13(16)2/h4-7,12,14,19H,3,8-11H2,1-2H3. The average molecular weight is 281 g/mol. The monoisotopic (exact) mass is 281 g/mol. The highest BCUT2D eigenvalue weighted by Gasteiger charge is 2.20. The zero-order chi connectivity index (χ0) is 14.7. The van der Waals surface area contributed by atoms with Crippen molar-refractivity contribution < 1.29 is 0 Å². The highest BCUT2D eigenvalue weighted by atomic mass is 14.9. The molecule has 3 nitrogen and oxygen atoms in total. The number of nitrogens with one attached hydrogen (secondary N) is 1. The van der Waals surface area contributed by atoms with Crippen LogP contribution in [0.15, 0.2) is 30.5 Å². The van der Waals surface area contributed by atoms with Crippen molar-refractivity contribution in [3.05, 3.63) is 47.3 Å².